The van der Waals surface area contributed by atoms with Gasteiger partial charge in [-0.15, -0.1) is 0 Å². The normalized spacial score (nSPS) is 11.4. The molecular weight excluding hydrogens is 509 g/mol. The van der Waals surface area contributed by atoms with Crippen molar-refractivity contribution >= 4 is 26.7 Å². The van der Waals surface area contributed by atoms with Crippen molar-refractivity contribution in [1.82, 2.24) is 9.13 Å². The molecule has 8 nitrogen and oxygen atoms in total. The zero-order valence-electron chi connectivity index (χ0n) is 20.6. The summed E-state index contributed by atoms with van der Waals surface area (Å²) in [5.41, 5.74) is 1.83. The number of rotatable bonds is 8. The Kier molecular flexibility index (Phi) is 6.64. The monoisotopic (exact) mass is 533 g/mol. The van der Waals surface area contributed by atoms with Gasteiger partial charge >= 0.3 is 5.69 Å². The van der Waals surface area contributed by atoms with Gasteiger partial charge < -0.3 is 9.47 Å². The Morgan fingerprint density at radius 3 is 2.24 bits per heavy atom. The smallest absolute Gasteiger partial charge is 0.328 e. The van der Waals surface area contributed by atoms with Crippen LogP contribution in [0, 0.1) is 5.82 Å². The number of halogens is 1. The number of aromatic nitrogens is 2. The third kappa shape index (κ3) is 5.12. The van der Waals surface area contributed by atoms with E-state index in [1.54, 1.807) is 44.4 Å². The minimum atomic E-state index is -4.17. The maximum atomic E-state index is 13.8. The van der Waals surface area contributed by atoms with E-state index in [0.29, 0.717) is 29.1 Å². The lowest BCUT2D eigenvalue weighted by Gasteiger charge is -2.15. The van der Waals surface area contributed by atoms with Crippen LogP contribution in [0.1, 0.15) is 5.56 Å². The van der Waals surface area contributed by atoms with Gasteiger partial charge in [0.25, 0.3) is 10.0 Å². The van der Waals surface area contributed by atoms with Gasteiger partial charge in [-0.2, -0.15) is 0 Å². The molecule has 5 aromatic rings. The van der Waals surface area contributed by atoms with Crippen molar-refractivity contribution in [2.45, 2.75) is 11.5 Å². The first-order chi connectivity index (χ1) is 18.2. The van der Waals surface area contributed by atoms with Gasteiger partial charge in [0.2, 0.25) is 0 Å². The van der Waals surface area contributed by atoms with Gasteiger partial charge in [-0.1, -0.05) is 42.5 Å². The van der Waals surface area contributed by atoms with Crippen molar-refractivity contribution in [3.05, 3.63) is 113 Å². The van der Waals surface area contributed by atoms with E-state index in [1.807, 2.05) is 30.3 Å². The minimum absolute atomic E-state index is 0.0820. The number of hydrogen-bond acceptors (Lipinski definition) is 5. The van der Waals surface area contributed by atoms with Crippen molar-refractivity contribution in [2.24, 2.45) is 14.1 Å². The lowest BCUT2D eigenvalue weighted by molar-refractivity contribution is 0.304. The zero-order valence-corrected chi connectivity index (χ0v) is 21.4. The molecule has 0 aliphatic rings. The first kappa shape index (κ1) is 25.1. The molecule has 0 saturated carbocycles. The molecule has 0 saturated heterocycles. The SMILES string of the molecule is Cn1c(=O)n(C)c2cc(Oc3cccc(OCc4ccccc4)c3)c(NS(=O)(=O)c3cccc(F)c3)cc21. The fourth-order valence-corrected chi connectivity index (χ4v) is 5.12. The number of benzene rings is 4. The van der Waals surface area contributed by atoms with Crippen molar-refractivity contribution in [1.29, 1.82) is 0 Å². The van der Waals surface area contributed by atoms with Gasteiger partial charge in [-0.3, -0.25) is 13.9 Å². The second-order valence-electron chi connectivity index (χ2n) is 8.65. The summed E-state index contributed by atoms with van der Waals surface area (Å²) < 4.78 is 57.3. The zero-order chi connectivity index (χ0) is 26.9. The van der Waals surface area contributed by atoms with E-state index in [2.05, 4.69) is 4.72 Å². The molecule has 0 spiro atoms. The third-order valence-electron chi connectivity index (χ3n) is 6.01. The molecule has 5 rings (SSSR count). The second kappa shape index (κ2) is 10.1. The number of imidazole rings is 1. The highest BCUT2D eigenvalue weighted by molar-refractivity contribution is 7.92. The molecule has 0 aliphatic carbocycles. The van der Waals surface area contributed by atoms with Crippen LogP contribution in [0.3, 0.4) is 0 Å². The van der Waals surface area contributed by atoms with Crippen molar-refractivity contribution in [2.75, 3.05) is 4.72 Å². The summed E-state index contributed by atoms with van der Waals surface area (Å²) in [6.07, 6.45) is 0. The molecule has 1 heterocycles. The number of nitrogens with zero attached hydrogens (tertiary/aromatic N) is 2. The fraction of sp³-hybridized carbons (Fsp3) is 0.107. The third-order valence-corrected chi connectivity index (χ3v) is 7.37. The highest BCUT2D eigenvalue weighted by Gasteiger charge is 2.21. The predicted octanol–water partition coefficient (Wildman–Crippen LogP) is 5.19. The van der Waals surface area contributed by atoms with Gasteiger partial charge in [-0.05, 0) is 42.0 Å². The van der Waals surface area contributed by atoms with Gasteiger partial charge in [0, 0.05) is 26.2 Å². The van der Waals surface area contributed by atoms with Crippen molar-refractivity contribution in [3.63, 3.8) is 0 Å². The van der Waals surface area contributed by atoms with Crippen LogP contribution in [0.4, 0.5) is 10.1 Å². The Morgan fingerprint density at radius 2 is 1.50 bits per heavy atom. The van der Waals surface area contributed by atoms with Crippen LogP contribution >= 0.6 is 0 Å². The summed E-state index contributed by atoms with van der Waals surface area (Å²) >= 11 is 0. The molecule has 0 amide bonds. The first-order valence-corrected chi connectivity index (χ1v) is 13.1. The summed E-state index contributed by atoms with van der Waals surface area (Å²) in [7, 11) is -0.971. The summed E-state index contributed by atoms with van der Waals surface area (Å²) in [6, 6.07) is 24.4. The van der Waals surface area contributed by atoms with Gasteiger partial charge in [0.1, 0.15) is 23.9 Å². The number of aryl methyl sites for hydroxylation is 2. The number of nitrogens with one attached hydrogen (secondary N) is 1. The molecule has 0 aliphatic heterocycles. The Bertz CT molecular complexity index is 1800. The Hall–Kier alpha value is -4.57. The largest absolute Gasteiger partial charge is 0.489 e. The van der Waals surface area contributed by atoms with E-state index in [-0.39, 0.29) is 22.0 Å². The molecule has 194 valence electrons. The topological polar surface area (TPSA) is 91.6 Å². The predicted molar refractivity (Wildman–Crippen MR) is 143 cm³/mol. The highest BCUT2D eigenvalue weighted by atomic mass is 32.2. The second-order valence-corrected chi connectivity index (χ2v) is 10.3. The summed E-state index contributed by atoms with van der Waals surface area (Å²) in [5, 5.41) is 0. The summed E-state index contributed by atoms with van der Waals surface area (Å²) in [5.74, 6) is 0.417. The quantitative estimate of drug-likeness (QED) is 0.297. The molecule has 0 unspecified atom stereocenters. The Morgan fingerprint density at radius 1 is 0.816 bits per heavy atom. The number of hydrogen-bond donors (Lipinski definition) is 1. The molecule has 1 aromatic heterocycles. The van der Waals surface area contributed by atoms with E-state index in [9.17, 15) is 17.6 Å². The van der Waals surface area contributed by atoms with E-state index < -0.39 is 15.8 Å². The van der Waals surface area contributed by atoms with Crippen LogP contribution in [0.15, 0.2) is 101 Å². The maximum Gasteiger partial charge on any atom is 0.328 e. The van der Waals surface area contributed by atoms with Crippen molar-refractivity contribution in [3.8, 4) is 17.2 Å². The molecule has 1 N–H and O–H groups in total. The molecular formula is C28H24FN3O5S. The molecule has 0 bridgehead atoms. The number of sulfonamides is 1. The molecule has 4 aromatic carbocycles. The average Bonchev–Trinajstić information content (AvgIpc) is 3.11. The summed E-state index contributed by atoms with van der Waals surface area (Å²) in [4.78, 5) is 12.3. The fourth-order valence-electron chi connectivity index (χ4n) is 4.02. The highest BCUT2D eigenvalue weighted by Crippen LogP contribution is 2.36. The van der Waals surface area contributed by atoms with Gasteiger partial charge in [-0.25, -0.2) is 17.6 Å². The number of ether oxygens (including phenoxy) is 2. The van der Waals surface area contributed by atoms with E-state index in [4.69, 9.17) is 9.47 Å². The van der Waals surface area contributed by atoms with Gasteiger partial charge in [0.05, 0.1) is 21.6 Å². The molecule has 0 fully saturated rings. The Balaban J connectivity index is 1.51. The van der Waals surface area contributed by atoms with Gasteiger partial charge in [0.15, 0.2) is 5.75 Å². The lowest BCUT2D eigenvalue weighted by atomic mass is 10.2. The van der Waals surface area contributed by atoms with Crippen LogP contribution in [0.5, 0.6) is 17.2 Å². The maximum absolute atomic E-state index is 13.8. The molecule has 38 heavy (non-hydrogen) atoms. The van der Waals surface area contributed by atoms with Crippen molar-refractivity contribution < 1.29 is 22.3 Å². The van der Waals surface area contributed by atoms with Crippen LogP contribution < -0.4 is 19.9 Å². The Labute approximate surface area is 218 Å². The van der Waals surface area contributed by atoms with Crippen LogP contribution in [0.2, 0.25) is 0 Å². The standard InChI is InChI=1S/C28H24FN3O5S/c1-31-25-16-24(30-38(34,35)23-13-6-10-20(29)14-23)27(17-26(25)32(2)28(31)33)37-22-12-7-11-21(15-22)36-18-19-8-4-3-5-9-19/h3-17,30H,18H2,1-2H3. The minimum Gasteiger partial charge on any atom is -0.489 e. The van der Waals surface area contributed by atoms with E-state index >= 15 is 0 Å². The molecule has 0 atom stereocenters. The first-order valence-electron chi connectivity index (χ1n) is 11.6. The van der Waals surface area contributed by atoms with E-state index in [1.165, 1.54) is 27.3 Å². The molecule has 10 heteroatoms. The molecule has 0 radical (unpaired) electrons. The summed E-state index contributed by atoms with van der Waals surface area (Å²) in [6.45, 7) is 0.362. The van der Waals surface area contributed by atoms with Crippen LogP contribution in [0.25, 0.3) is 11.0 Å². The van der Waals surface area contributed by atoms with E-state index in [0.717, 1.165) is 17.7 Å². The lowest BCUT2D eigenvalue weighted by Crippen LogP contribution is -2.19. The average molecular weight is 534 g/mol. The van der Waals surface area contributed by atoms with Crippen LogP contribution in [-0.2, 0) is 30.7 Å². The number of fused-ring (bicyclic) bond motifs is 1. The number of anilines is 1. The van der Waals surface area contributed by atoms with Crippen LogP contribution in [-0.4, -0.2) is 17.6 Å².